The largest absolute Gasteiger partial charge is 0.454 e. The number of esters is 1. The van der Waals surface area contributed by atoms with E-state index in [1.54, 1.807) is 24.3 Å². The molecule has 1 aromatic heterocycles. The zero-order valence-corrected chi connectivity index (χ0v) is 17.1. The van der Waals surface area contributed by atoms with E-state index in [4.69, 9.17) is 22.1 Å². The van der Waals surface area contributed by atoms with Gasteiger partial charge in [0.1, 0.15) is 11.4 Å². The number of rotatable bonds is 7. The van der Waals surface area contributed by atoms with Crippen LogP contribution in [0.2, 0.25) is 5.02 Å². The van der Waals surface area contributed by atoms with Crippen molar-refractivity contribution in [3.63, 3.8) is 0 Å². The average molecular weight is 420 g/mol. The summed E-state index contributed by atoms with van der Waals surface area (Å²) in [6, 6.07) is 6.88. The summed E-state index contributed by atoms with van der Waals surface area (Å²) in [6.45, 7) is 3.28. The Bertz CT molecular complexity index is 1080. The van der Waals surface area contributed by atoms with E-state index in [9.17, 15) is 19.2 Å². The van der Waals surface area contributed by atoms with E-state index in [1.165, 1.54) is 17.7 Å². The van der Waals surface area contributed by atoms with Crippen LogP contribution in [0.25, 0.3) is 6.08 Å². The van der Waals surface area contributed by atoms with E-state index in [0.717, 1.165) is 10.6 Å². The number of aromatic nitrogens is 2. The molecule has 0 atom stereocenters. The van der Waals surface area contributed by atoms with Crippen LogP contribution in [0.5, 0.6) is 0 Å². The second-order valence-electron chi connectivity index (χ2n) is 6.80. The molecule has 2 aromatic rings. The predicted molar refractivity (Wildman–Crippen MR) is 111 cm³/mol. The highest BCUT2D eigenvalue weighted by Crippen LogP contribution is 2.16. The minimum absolute atomic E-state index is 0.0585. The second kappa shape index (κ2) is 9.38. The summed E-state index contributed by atoms with van der Waals surface area (Å²) in [7, 11) is 1.26. The summed E-state index contributed by atoms with van der Waals surface area (Å²) in [5, 5.41) is 0.455. The Morgan fingerprint density at radius 2 is 1.90 bits per heavy atom. The number of ether oxygens (including phenoxy) is 1. The molecule has 0 saturated heterocycles. The molecule has 0 aliphatic rings. The number of hydrogen-bond donors (Lipinski definition) is 1. The molecular weight excluding hydrogens is 398 g/mol. The molecule has 154 valence electrons. The summed E-state index contributed by atoms with van der Waals surface area (Å²) in [5.74, 6) is -1.76. The number of nitrogens with zero attached hydrogens (tertiary/aromatic N) is 2. The lowest BCUT2D eigenvalue weighted by atomic mass is 10.1. The van der Waals surface area contributed by atoms with E-state index in [1.807, 2.05) is 13.8 Å². The van der Waals surface area contributed by atoms with Crippen LogP contribution >= 0.6 is 11.6 Å². The smallest absolute Gasteiger partial charge is 0.332 e. The van der Waals surface area contributed by atoms with Crippen molar-refractivity contribution in [3.05, 3.63) is 67.3 Å². The zero-order chi connectivity index (χ0) is 21.7. The van der Waals surface area contributed by atoms with Crippen molar-refractivity contribution in [3.8, 4) is 0 Å². The summed E-state index contributed by atoms with van der Waals surface area (Å²) < 4.78 is 6.89. The molecule has 0 radical (unpaired) electrons. The lowest BCUT2D eigenvalue weighted by molar-refractivity contribution is -0.136. The van der Waals surface area contributed by atoms with Crippen molar-refractivity contribution in [1.82, 2.24) is 9.13 Å². The molecule has 0 amide bonds. The molecule has 2 rings (SSSR count). The highest BCUT2D eigenvalue weighted by atomic mass is 35.5. The van der Waals surface area contributed by atoms with Gasteiger partial charge in [0.05, 0.1) is 0 Å². The van der Waals surface area contributed by atoms with Crippen LogP contribution in [0.4, 0.5) is 5.82 Å². The molecule has 0 aliphatic heterocycles. The van der Waals surface area contributed by atoms with Crippen molar-refractivity contribution in [2.75, 3.05) is 12.3 Å². The number of nitrogen functional groups attached to an aromatic ring is 1. The summed E-state index contributed by atoms with van der Waals surface area (Å²) >= 11 is 5.99. The maximum absolute atomic E-state index is 12.5. The van der Waals surface area contributed by atoms with Gasteiger partial charge in [-0.3, -0.25) is 18.7 Å². The monoisotopic (exact) mass is 419 g/mol. The number of nitrogens with two attached hydrogens (primary N) is 1. The number of halogens is 1. The third-order valence-corrected chi connectivity index (χ3v) is 4.40. The van der Waals surface area contributed by atoms with Gasteiger partial charge in [-0.1, -0.05) is 43.6 Å². The zero-order valence-electron chi connectivity index (χ0n) is 16.3. The maximum atomic E-state index is 12.5. The lowest BCUT2D eigenvalue weighted by Gasteiger charge is -2.16. The molecule has 1 heterocycles. The fourth-order valence-corrected chi connectivity index (χ4v) is 2.81. The third kappa shape index (κ3) is 5.23. The fourth-order valence-electron chi connectivity index (χ4n) is 2.61. The molecule has 9 heteroatoms. The molecular formula is C20H22ClN3O5. The van der Waals surface area contributed by atoms with Crippen LogP contribution in [0.15, 0.2) is 39.9 Å². The first-order valence-electron chi connectivity index (χ1n) is 8.85. The highest BCUT2D eigenvalue weighted by molar-refractivity contribution is 6.32. The van der Waals surface area contributed by atoms with Gasteiger partial charge in [-0.15, -0.1) is 0 Å². The Morgan fingerprint density at radius 3 is 2.52 bits per heavy atom. The molecule has 0 spiro atoms. The minimum Gasteiger partial charge on any atom is -0.454 e. The number of Topliss-reactive ketones (excluding diaryl/α,β-unsaturated/α-hetero) is 1. The van der Waals surface area contributed by atoms with Gasteiger partial charge in [0.2, 0.25) is 5.78 Å². The van der Waals surface area contributed by atoms with Crippen LogP contribution < -0.4 is 17.0 Å². The van der Waals surface area contributed by atoms with Gasteiger partial charge in [0.15, 0.2) is 6.61 Å². The average Bonchev–Trinajstić information content (AvgIpc) is 2.67. The molecule has 0 aliphatic carbocycles. The predicted octanol–water partition coefficient (Wildman–Crippen LogP) is 1.88. The van der Waals surface area contributed by atoms with Crippen LogP contribution in [0.3, 0.4) is 0 Å². The Labute approximate surface area is 172 Å². The Balaban J connectivity index is 2.20. The van der Waals surface area contributed by atoms with Crippen molar-refractivity contribution >= 4 is 35.2 Å². The lowest BCUT2D eigenvalue weighted by Crippen LogP contribution is -2.43. The van der Waals surface area contributed by atoms with E-state index < -0.39 is 29.6 Å². The molecule has 8 nitrogen and oxygen atoms in total. The molecule has 29 heavy (non-hydrogen) atoms. The van der Waals surface area contributed by atoms with E-state index in [2.05, 4.69) is 0 Å². The van der Waals surface area contributed by atoms with Gasteiger partial charge in [-0.25, -0.2) is 9.59 Å². The first-order valence-corrected chi connectivity index (χ1v) is 9.23. The Hall–Kier alpha value is -3.13. The standard InChI is InChI=1S/C20H22ClN3O5/c1-12(2)10-24-18(22)17(19(27)23(3)20(24)28)15(25)11-29-16(26)9-8-13-6-4-5-7-14(13)21/h4-9,12H,10-11,22H2,1-3H3. The van der Waals surface area contributed by atoms with Crippen molar-refractivity contribution < 1.29 is 14.3 Å². The third-order valence-electron chi connectivity index (χ3n) is 4.06. The number of benzene rings is 1. The molecule has 0 bridgehead atoms. The van der Waals surface area contributed by atoms with Crippen LogP contribution in [-0.2, 0) is 23.1 Å². The number of anilines is 1. The van der Waals surface area contributed by atoms with Crippen molar-refractivity contribution in [2.45, 2.75) is 20.4 Å². The molecule has 2 N–H and O–H groups in total. The number of hydrogen-bond acceptors (Lipinski definition) is 6. The van der Waals surface area contributed by atoms with Gasteiger partial charge >= 0.3 is 11.7 Å². The van der Waals surface area contributed by atoms with Crippen molar-refractivity contribution in [2.24, 2.45) is 13.0 Å². The first kappa shape index (κ1) is 22.2. The SMILES string of the molecule is CC(C)Cn1c(N)c(C(=O)COC(=O)C=Cc2ccccc2Cl)c(=O)n(C)c1=O. The summed E-state index contributed by atoms with van der Waals surface area (Å²) in [5.41, 5.74) is 4.70. The van der Waals surface area contributed by atoms with Gasteiger partial charge < -0.3 is 10.5 Å². The molecule has 0 saturated carbocycles. The minimum atomic E-state index is -0.833. The Morgan fingerprint density at radius 1 is 1.24 bits per heavy atom. The van der Waals surface area contributed by atoms with Gasteiger partial charge in [-0.2, -0.15) is 0 Å². The normalized spacial score (nSPS) is 11.2. The molecule has 1 aromatic carbocycles. The van der Waals surface area contributed by atoms with Crippen LogP contribution in [0, 0.1) is 5.92 Å². The van der Waals surface area contributed by atoms with Crippen LogP contribution in [0.1, 0.15) is 29.8 Å². The van der Waals surface area contributed by atoms with Gasteiger partial charge in [0.25, 0.3) is 5.56 Å². The Kier molecular flexibility index (Phi) is 7.17. The summed E-state index contributed by atoms with van der Waals surface area (Å²) in [6.07, 6.45) is 2.57. The molecule has 0 fully saturated rings. The maximum Gasteiger partial charge on any atom is 0.332 e. The number of carbonyl (C=O) groups excluding carboxylic acids is 2. The fraction of sp³-hybridized carbons (Fsp3) is 0.300. The van der Waals surface area contributed by atoms with E-state index in [-0.39, 0.29) is 23.8 Å². The number of ketones is 1. The highest BCUT2D eigenvalue weighted by Gasteiger charge is 2.22. The van der Waals surface area contributed by atoms with Crippen molar-refractivity contribution in [1.29, 1.82) is 0 Å². The van der Waals surface area contributed by atoms with Crippen LogP contribution in [-0.4, -0.2) is 27.5 Å². The van der Waals surface area contributed by atoms with Gasteiger partial charge in [0, 0.05) is 24.7 Å². The number of carbonyl (C=O) groups is 2. The topological polar surface area (TPSA) is 113 Å². The first-order chi connectivity index (χ1) is 13.6. The van der Waals surface area contributed by atoms with E-state index >= 15 is 0 Å². The second-order valence-corrected chi connectivity index (χ2v) is 7.20. The van der Waals surface area contributed by atoms with E-state index in [0.29, 0.717) is 10.6 Å². The molecule has 0 unspecified atom stereocenters. The van der Waals surface area contributed by atoms with Gasteiger partial charge in [-0.05, 0) is 23.6 Å². The quantitative estimate of drug-likeness (QED) is 0.416. The summed E-state index contributed by atoms with van der Waals surface area (Å²) in [4.78, 5) is 49.0.